The molecule has 0 heterocycles. The van der Waals surface area contributed by atoms with Crippen molar-refractivity contribution in [2.45, 2.75) is 9.79 Å². The fourth-order valence-corrected chi connectivity index (χ4v) is 7.15. The molecular weight excluding hydrogens is 536 g/mol. The number of hydrogen-bond acceptors (Lipinski definition) is 10. The van der Waals surface area contributed by atoms with Crippen LogP contribution in [0.25, 0.3) is 16.7 Å². The van der Waals surface area contributed by atoms with E-state index in [1.165, 1.54) is 36.4 Å². The molecule has 14 heteroatoms. The summed E-state index contributed by atoms with van der Waals surface area (Å²) in [6.07, 6.45) is 0. The molecule has 0 spiro atoms. The van der Waals surface area contributed by atoms with Crippen LogP contribution in [0.1, 0.15) is 11.1 Å². The highest BCUT2D eigenvalue weighted by atomic mass is 32.2. The average Bonchev–Trinajstić information content (AvgIpc) is 3.22. The van der Waals surface area contributed by atoms with E-state index in [1.54, 1.807) is 12.1 Å². The molecule has 0 fully saturated rings. The predicted molar refractivity (Wildman–Crippen MR) is 135 cm³/mol. The zero-order valence-corrected chi connectivity index (χ0v) is 21.8. The summed E-state index contributed by atoms with van der Waals surface area (Å²) in [6.45, 7) is -2.95. The topological polar surface area (TPSA) is 203 Å². The monoisotopic (exact) mass is 562 g/mol. The quantitative estimate of drug-likeness (QED) is 0.208. The molecular formula is C24H26N4O8S2. The van der Waals surface area contributed by atoms with Crippen molar-refractivity contribution in [2.75, 3.05) is 52.6 Å². The van der Waals surface area contributed by atoms with Gasteiger partial charge in [0.2, 0.25) is 20.0 Å². The van der Waals surface area contributed by atoms with Crippen molar-refractivity contribution in [2.24, 2.45) is 0 Å². The number of allylic oxidation sites excluding steroid dienone is 1. The molecule has 38 heavy (non-hydrogen) atoms. The molecule has 0 bridgehead atoms. The Morgan fingerprint density at radius 1 is 0.632 bits per heavy atom. The highest BCUT2D eigenvalue weighted by molar-refractivity contribution is 7.89. The molecule has 2 aromatic rings. The van der Waals surface area contributed by atoms with Gasteiger partial charge in [0.1, 0.15) is 17.7 Å². The van der Waals surface area contributed by atoms with Crippen LogP contribution in [0.2, 0.25) is 0 Å². The lowest BCUT2D eigenvalue weighted by molar-refractivity contribution is 0.217. The summed E-state index contributed by atoms with van der Waals surface area (Å²) in [5.41, 5.74) is 1.09. The fourth-order valence-electron chi connectivity index (χ4n) is 4.25. The van der Waals surface area contributed by atoms with Crippen LogP contribution in [0.3, 0.4) is 0 Å². The van der Waals surface area contributed by atoms with Gasteiger partial charge in [-0.05, 0) is 46.5 Å². The summed E-state index contributed by atoms with van der Waals surface area (Å²) in [4.78, 5) is -0.410. The van der Waals surface area contributed by atoms with Crippen LogP contribution in [0.4, 0.5) is 0 Å². The van der Waals surface area contributed by atoms with Gasteiger partial charge in [0.15, 0.2) is 0 Å². The molecule has 4 N–H and O–H groups in total. The Balaban J connectivity index is 2.24. The molecule has 1 aliphatic carbocycles. The zero-order valence-electron chi connectivity index (χ0n) is 20.1. The summed E-state index contributed by atoms with van der Waals surface area (Å²) in [5.74, 6) is 0. The third-order valence-corrected chi connectivity index (χ3v) is 9.75. The van der Waals surface area contributed by atoms with E-state index >= 15 is 0 Å². The number of sulfonamides is 2. The van der Waals surface area contributed by atoms with Crippen LogP contribution in [-0.4, -0.2) is 98.5 Å². The Morgan fingerprint density at radius 2 is 0.974 bits per heavy atom. The minimum atomic E-state index is -4.18. The van der Waals surface area contributed by atoms with Crippen LogP contribution in [0.5, 0.6) is 0 Å². The molecule has 0 saturated heterocycles. The Bertz CT molecular complexity index is 1410. The largest absolute Gasteiger partial charge is 0.395 e. The molecule has 0 aliphatic heterocycles. The van der Waals surface area contributed by atoms with Crippen molar-refractivity contribution in [3.63, 3.8) is 0 Å². The molecule has 3 rings (SSSR count). The first-order chi connectivity index (χ1) is 18.1. The van der Waals surface area contributed by atoms with Gasteiger partial charge in [0, 0.05) is 31.8 Å². The van der Waals surface area contributed by atoms with Gasteiger partial charge in [-0.15, -0.1) is 0 Å². The van der Waals surface area contributed by atoms with Crippen molar-refractivity contribution in [1.82, 2.24) is 8.61 Å². The maximum Gasteiger partial charge on any atom is 0.243 e. The molecule has 12 nitrogen and oxygen atoms in total. The van der Waals surface area contributed by atoms with Crippen LogP contribution in [0, 0.1) is 22.7 Å². The average molecular weight is 563 g/mol. The predicted octanol–water partition coefficient (Wildman–Crippen LogP) is -0.533. The third kappa shape index (κ3) is 5.35. The normalized spacial score (nSPS) is 12.8. The molecule has 0 amide bonds. The van der Waals surface area contributed by atoms with E-state index in [9.17, 15) is 47.8 Å². The second kappa shape index (κ2) is 12.1. The minimum Gasteiger partial charge on any atom is -0.395 e. The number of fused-ring (bicyclic) bond motifs is 3. The van der Waals surface area contributed by atoms with Gasteiger partial charge in [-0.2, -0.15) is 19.1 Å². The second-order valence-corrected chi connectivity index (χ2v) is 12.0. The first-order valence-corrected chi connectivity index (χ1v) is 14.3. The van der Waals surface area contributed by atoms with Crippen molar-refractivity contribution in [1.29, 1.82) is 10.5 Å². The molecule has 0 atom stereocenters. The Labute approximate surface area is 220 Å². The van der Waals surface area contributed by atoms with Crippen LogP contribution >= 0.6 is 0 Å². The van der Waals surface area contributed by atoms with Gasteiger partial charge < -0.3 is 20.4 Å². The molecule has 202 valence electrons. The number of hydrogen-bond donors (Lipinski definition) is 4. The molecule has 0 saturated carbocycles. The van der Waals surface area contributed by atoms with Gasteiger partial charge >= 0.3 is 0 Å². The Kier molecular flexibility index (Phi) is 9.37. The third-order valence-electron chi connectivity index (χ3n) is 5.96. The highest BCUT2D eigenvalue weighted by Crippen LogP contribution is 2.47. The first kappa shape index (κ1) is 29.4. The fraction of sp³-hybridized carbons (Fsp3) is 0.333. The lowest BCUT2D eigenvalue weighted by Gasteiger charge is -2.20. The van der Waals surface area contributed by atoms with Crippen molar-refractivity contribution >= 4 is 25.6 Å². The molecule has 2 aromatic carbocycles. The minimum absolute atomic E-state index is 0.0563. The number of nitrogens with zero attached hydrogens (tertiary/aromatic N) is 4. The van der Waals surface area contributed by atoms with Gasteiger partial charge in [0.25, 0.3) is 0 Å². The number of benzene rings is 2. The molecule has 0 radical (unpaired) electrons. The number of nitriles is 2. The smallest absolute Gasteiger partial charge is 0.243 e. The molecule has 1 aliphatic rings. The lowest BCUT2D eigenvalue weighted by atomic mass is 9.99. The standard InChI is InChI=1S/C24H26N4O8S2/c25-15-17(16-26)24-22-13-18(37(33,34)27(5-9-29)6-10-30)1-3-20(22)21-4-2-19(14-23(21)24)38(35,36)28(7-11-31)8-12-32/h1-4,13-14,29-32H,5-12H2. The van der Waals surface area contributed by atoms with Crippen LogP contribution in [0.15, 0.2) is 51.8 Å². The zero-order chi connectivity index (χ0) is 28.1. The van der Waals surface area contributed by atoms with Gasteiger partial charge in [0.05, 0.1) is 36.2 Å². The molecule has 0 unspecified atom stereocenters. The first-order valence-electron chi connectivity index (χ1n) is 11.4. The van der Waals surface area contributed by atoms with Crippen LogP contribution < -0.4 is 0 Å². The molecule has 0 aromatic heterocycles. The summed E-state index contributed by atoms with van der Waals surface area (Å²) in [7, 11) is -8.35. The van der Waals surface area contributed by atoms with E-state index in [-0.39, 0.29) is 58.2 Å². The van der Waals surface area contributed by atoms with Crippen LogP contribution in [-0.2, 0) is 20.0 Å². The second-order valence-electron chi connectivity index (χ2n) is 8.09. The van der Waals surface area contributed by atoms with E-state index in [2.05, 4.69) is 0 Å². The van der Waals surface area contributed by atoms with E-state index < -0.39 is 46.5 Å². The maximum absolute atomic E-state index is 13.2. The number of aliphatic hydroxyl groups excluding tert-OH is 4. The summed E-state index contributed by atoms with van der Waals surface area (Å²) in [5, 5.41) is 56.4. The Hall–Kier alpha value is -3.18. The maximum atomic E-state index is 13.2. The van der Waals surface area contributed by atoms with Gasteiger partial charge in [-0.1, -0.05) is 12.1 Å². The van der Waals surface area contributed by atoms with E-state index in [0.717, 1.165) is 8.61 Å². The van der Waals surface area contributed by atoms with Crippen molar-refractivity contribution in [3.05, 3.63) is 53.1 Å². The number of aliphatic hydroxyl groups is 4. The number of rotatable bonds is 12. The summed E-state index contributed by atoms with van der Waals surface area (Å²) < 4.78 is 54.7. The lowest BCUT2D eigenvalue weighted by Crippen LogP contribution is -2.35. The van der Waals surface area contributed by atoms with E-state index in [4.69, 9.17) is 0 Å². The highest BCUT2D eigenvalue weighted by Gasteiger charge is 2.33. The van der Waals surface area contributed by atoms with E-state index in [1.807, 2.05) is 0 Å². The Morgan fingerprint density at radius 3 is 1.26 bits per heavy atom. The summed E-state index contributed by atoms with van der Waals surface area (Å²) in [6, 6.07) is 11.7. The SMILES string of the molecule is N#CC(C#N)=C1c2cc(S(=O)(=O)N(CCO)CCO)ccc2-c2ccc(S(=O)(=O)N(CCO)CCO)cc21. The van der Waals surface area contributed by atoms with Gasteiger partial charge in [-0.25, -0.2) is 16.8 Å². The summed E-state index contributed by atoms with van der Waals surface area (Å²) >= 11 is 0. The van der Waals surface area contributed by atoms with Crippen molar-refractivity contribution in [3.8, 4) is 23.3 Å². The van der Waals surface area contributed by atoms with Crippen molar-refractivity contribution < 1.29 is 37.3 Å². The van der Waals surface area contributed by atoms with E-state index in [0.29, 0.717) is 11.1 Å². The van der Waals surface area contributed by atoms with Gasteiger partial charge in [-0.3, -0.25) is 0 Å².